The molecule has 0 nitrogen and oxygen atoms in total. The number of rotatable bonds is 1. The monoisotopic (exact) mass is 93.1 g/mol. The second-order valence-electron chi connectivity index (χ2n) is 1.21. The van der Waals surface area contributed by atoms with Crippen molar-refractivity contribution < 1.29 is 8.78 Å². The van der Waals surface area contributed by atoms with Gasteiger partial charge in [-0.05, 0) is 0 Å². The Labute approximate surface area is 36.2 Å². The van der Waals surface area contributed by atoms with Gasteiger partial charge in [0.2, 0.25) is 0 Å². The van der Waals surface area contributed by atoms with Gasteiger partial charge in [-0.15, -0.1) is 0 Å². The van der Waals surface area contributed by atoms with Crippen LogP contribution >= 0.6 is 0 Å². The SMILES string of the molecule is [CH2+]C(F)(F)CC. The first kappa shape index (κ1) is 5.73. The molecule has 0 bridgehead atoms. The van der Waals surface area contributed by atoms with Crippen LogP contribution in [-0.4, -0.2) is 5.92 Å². The highest BCUT2D eigenvalue weighted by atomic mass is 19.3. The molecule has 0 aromatic carbocycles. The van der Waals surface area contributed by atoms with Crippen molar-refractivity contribution in [3.8, 4) is 0 Å². The summed E-state index contributed by atoms with van der Waals surface area (Å²) >= 11 is 0. The predicted octanol–water partition coefficient (Wildman–Crippen LogP) is 1.87. The van der Waals surface area contributed by atoms with Crippen molar-refractivity contribution in [3.63, 3.8) is 0 Å². The van der Waals surface area contributed by atoms with Gasteiger partial charge in [-0.3, -0.25) is 0 Å². The van der Waals surface area contributed by atoms with Crippen molar-refractivity contribution in [1.29, 1.82) is 0 Å². The van der Waals surface area contributed by atoms with E-state index in [4.69, 9.17) is 0 Å². The lowest BCUT2D eigenvalue weighted by molar-refractivity contribution is 0.0478. The lowest BCUT2D eigenvalue weighted by Gasteiger charge is -1.92. The predicted molar refractivity (Wildman–Crippen MR) is 20.6 cm³/mol. The van der Waals surface area contributed by atoms with Crippen molar-refractivity contribution in [2.24, 2.45) is 0 Å². The molecule has 0 fully saturated rings. The lowest BCUT2D eigenvalue weighted by atomic mass is 10.3. The third kappa shape index (κ3) is 3.73. The highest BCUT2D eigenvalue weighted by Gasteiger charge is 2.25. The average Bonchev–Trinajstić information content (AvgIpc) is 1.35. The fourth-order valence-electron chi connectivity index (χ4n) is 0. The van der Waals surface area contributed by atoms with Crippen LogP contribution in [0.5, 0.6) is 0 Å². The van der Waals surface area contributed by atoms with Gasteiger partial charge in [0.25, 0.3) is 0 Å². The lowest BCUT2D eigenvalue weighted by Crippen LogP contribution is -2.05. The number of hydrogen-bond donors (Lipinski definition) is 0. The molecule has 36 valence electrons. The Kier molecular flexibility index (Phi) is 1.39. The summed E-state index contributed by atoms with van der Waals surface area (Å²) in [7, 11) is 0. The van der Waals surface area contributed by atoms with Gasteiger partial charge >= 0.3 is 5.92 Å². The van der Waals surface area contributed by atoms with E-state index in [1.54, 1.807) is 0 Å². The van der Waals surface area contributed by atoms with Gasteiger partial charge < -0.3 is 0 Å². The Morgan fingerprint density at radius 3 is 1.83 bits per heavy atom. The summed E-state index contributed by atoms with van der Waals surface area (Å²) in [5, 5.41) is 0. The largest absolute Gasteiger partial charge is 0.383 e. The molecule has 0 saturated heterocycles. The molecule has 0 saturated carbocycles. The molecule has 0 aromatic heterocycles. The van der Waals surface area contributed by atoms with Crippen LogP contribution in [0.1, 0.15) is 13.3 Å². The molecule has 0 aliphatic carbocycles. The number of alkyl halides is 2. The van der Waals surface area contributed by atoms with Crippen molar-refractivity contribution in [3.05, 3.63) is 6.92 Å². The summed E-state index contributed by atoms with van der Waals surface area (Å²) in [4.78, 5) is 0. The maximum absolute atomic E-state index is 11.3. The van der Waals surface area contributed by atoms with E-state index in [1.165, 1.54) is 6.92 Å². The van der Waals surface area contributed by atoms with Crippen LogP contribution in [0.2, 0.25) is 0 Å². The van der Waals surface area contributed by atoms with Gasteiger partial charge in [0, 0.05) is 0 Å². The van der Waals surface area contributed by atoms with Crippen LogP contribution in [0.25, 0.3) is 0 Å². The summed E-state index contributed by atoms with van der Waals surface area (Å²) in [5.74, 6) is -2.71. The molecule has 0 radical (unpaired) electrons. The standard InChI is InChI=1S/C4H7F2/c1-3-4(2,5)6/h2-3H2,1H3/q+1. The number of halogens is 2. The van der Waals surface area contributed by atoms with Crippen LogP contribution in [0.3, 0.4) is 0 Å². The minimum Gasteiger partial charge on any atom is -0.159 e. The Morgan fingerprint density at radius 2 is 1.83 bits per heavy atom. The molecule has 0 aliphatic rings. The second-order valence-corrected chi connectivity index (χ2v) is 1.21. The van der Waals surface area contributed by atoms with Gasteiger partial charge in [0.1, 0.15) is 6.92 Å². The molecule has 0 aliphatic heterocycles. The second kappa shape index (κ2) is 1.45. The molecular weight excluding hydrogens is 86.0 g/mol. The van der Waals surface area contributed by atoms with Crippen LogP contribution in [0.4, 0.5) is 8.78 Å². The zero-order valence-corrected chi connectivity index (χ0v) is 3.67. The van der Waals surface area contributed by atoms with Crippen LogP contribution in [-0.2, 0) is 0 Å². The van der Waals surface area contributed by atoms with E-state index in [9.17, 15) is 8.78 Å². The molecule has 2 heteroatoms. The summed E-state index contributed by atoms with van der Waals surface area (Å²) in [6.07, 6.45) is -0.174. The highest BCUT2D eigenvalue weighted by molar-refractivity contribution is 4.63. The Balaban J connectivity index is 3.17. The summed E-state index contributed by atoms with van der Waals surface area (Å²) in [6.45, 7) is 3.95. The Bertz CT molecular complexity index is 35.3. The summed E-state index contributed by atoms with van der Waals surface area (Å²) in [5.41, 5.74) is 0. The van der Waals surface area contributed by atoms with Crippen LogP contribution in [0, 0.1) is 6.92 Å². The summed E-state index contributed by atoms with van der Waals surface area (Å²) < 4.78 is 22.7. The normalized spacial score (nSPS) is 11.8. The Morgan fingerprint density at radius 1 is 1.67 bits per heavy atom. The zero-order valence-electron chi connectivity index (χ0n) is 3.67. The fourth-order valence-corrected chi connectivity index (χ4v) is 0. The molecule has 6 heavy (non-hydrogen) atoms. The van der Waals surface area contributed by atoms with Crippen LogP contribution < -0.4 is 0 Å². The maximum Gasteiger partial charge on any atom is 0.383 e. The Hall–Kier alpha value is -0.270. The van der Waals surface area contributed by atoms with E-state index in [1.807, 2.05) is 0 Å². The smallest absolute Gasteiger partial charge is 0.159 e. The minimum absolute atomic E-state index is 0.174. The van der Waals surface area contributed by atoms with Gasteiger partial charge in [0.05, 0.1) is 6.42 Å². The quantitative estimate of drug-likeness (QED) is 0.434. The highest BCUT2D eigenvalue weighted by Crippen LogP contribution is 2.13. The topological polar surface area (TPSA) is 0 Å². The van der Waals surface area contributed by atoms with E-state index in [0.29, 0.717) is 0 Å². The van der Waals surface area contributed by atoms with Crippen molar-refractivity contribution in [2.45, 2.75) is 19.3 Å². The van der Waals surface area contributed by atoms with Gasteiger partial charge in [-0.2, -0.15) is 8.78 Å². The van der Waals surface area contributed by atoms with Crippen molar-refractivity contribution >= 4 is 0 Å². The molecule has 0 atom stereocenters. The molecule has 0 unspecified atom stereocenters. The van der Waals surface area contributed by atoms with Gasteiger partial charge in [-0.1, -0.05) is 6.92 Å². The van der Waals surface area contributed by atoms with E-state index < -0.39 is 5.92 Å². The van der Waals surface area contributed by atoms with E-state index in [0.717, 1.165) is 0 Å². The van der Waals surface area contributed by atoms with Gasteiger partial charge in [0.15, 0.2) is 0 Å². The average molecular weight is 93.1 g/mol. The van der Waals surface area contributed by atoms with E-state index in [2.05, 4.69) is 6.92 Å². The first-order chi connectivity index (χ1) is 2.56. The van der Waals surface area contributed by atoms with E-state index >= 15 is 0 Å². The fraction of sp³-hybridized carbons (Fsp3) is 0.750. The molecule has 0 rings (SSSR count). The third-order valence-corrected chi connectivity index (χ3v) is 0.517. The molecule has 0 heterocycles. The first-order valence-electron chi connectivity index (χ1n) is 1.79. The minimum atomic E-state index is -2.71. The van der Waals surface area contributed by atoms with Crippen LogP contribution in [0.15, 0.2) is 0 Å². The van der Waals surface area contributed by atoms with Crippen molar-refractivity contribution in [2.75, 3.05) is 0 Å². The summed E-state index contributed by atoms with van der Waals surface area (Å²) in [6, 6.07) is 0. The molecular formula is C4H7F2+. The third-order valence-electron chi connectivity index (χ3n) is 0.517. The van der Waals surface area contributed by atoms with Crippen molar-refractivity contribution in [1.82, 2.24) is 0 Å². The molecule has 0 amide bonds. The molecule has 0 spiro atoms. The molecule has 0 aromatic rings. The molecule has 0 N–H and O–H groups in total. The zero-order chi connectivity index (χ0) is 5.21. The van der Waals surface area contributed by atoms with Gasteiger partial charge in [-0.25, -0.2) is 0 Å². The number of hydrogen-bond acceptors (Lipinski definition) is 0. The maximum atomic E-state index is 11.3. The first-order valence-corrected chi connectivity index (χ1v) is 1.79. The van der Waals surface area contributed by atoms with E-state index in [-0.39, 0.29) is 6.42 Å².